The third-order valence-corrected chi connectivity index (χ3v) is 3.97. The molecule has 0 aliphatic carbocycles. The maximum Gasteiger partial charge on any atom is 0.205 e. The molecule has 0 spiro atoms. The number of hydrogen-bond acceptors (Lipinski definition) is 3. The molecule has 1 aromatic heterocycles. The Balaban J connectivity index is 1.98. The van der Waals surface area contributed by atoms with E-state index in [1.807, 2.05) is 31.2 Å². The Bertz CT molecular complexity index is 1010. The van der Waals surface area contributed by atoms with Crippen molar-refractivity contribution in [3.8, 4) is 11.8 Å². The maximum absolute atomic E-state index is 12.8. The summed E-state index contributed by atoms with van der Waals surface area (Å²) in [6, 6.07) is 14.5. The van der Waals surface area contributed by atoms with E-state index < -0.39 is 0 Å². The van der Waals surface area contributed by atoms with Crippen molar-refractivity contribution in [2.24, 2.45) is 0 Å². The van der Waals surface area contributed by atoms with Gasteiger partial charge in [-0.25, -0.2) is 0 Å². The number of carbonyl (C=O) groups is 1. The molecule has 0 saturated carbocycles. The number of benzene rings is 2. The van der Waals surface area contributed by atoms with Crippen LogP contribution in [0, 0.1) is 11.3 Å². The fourth-order valence-corrected chi connectivity index (χ4v) is 2.78. The third kappa shape index (κ3) is 3.57. The summed E-state index contributed by atoms with van der Waals surface area (Å²) in [4.78, 5) is 15.8. The van der Waals surface area contributed by atoms with Gasteiger partial charge in [0, 0.05) is 27.7 Å². The second-order valence-corrected chi connectivity index (χ2v) is 5.83. The highest BCUT2D eigenvalue weighted by atomic mass is 35.5. The van der Waals surface area contributed by atoms with Crippen molar-refractivity contribution < 1.29 is 9.53 Å². The van der Waals surface area contributed by atoms with Crippen LogP contribution in [0.5, 0.6) is 5.75 Å². The predicted octanol–water partition coefficient (Wildman–Crippen LogP) is 5.01. The van der Waals surface area contributed by atoms with Crippen LogP contribution < -0.4 is 4.74 Å². The number of aromatic nitrogens is 1. The largest absolute Gasteiger partial charge is 0.494 e. The lowest BCUT2D eigenvalue weighted by atomic mass is 10.0. The standard InChI is InChI=1S/C20H15ClN2O2/c1-2-25-16-5-3-4-13(9-16)8-14(11-22)20(24)18-12-23-19-10-15(21)6-7-17(18)19/h3-10,12,23H,2H2,1H3/b14-8+. The Kier molecular flexibility index (Phi) is 4.87. The number of nitriles is 1. The van der Waals surface area contributed by atoms with Gasteiger partial charge >= 0.3 is 0 Å². The Labute approximate surface area is 150 Å². The summed E-state index contributed by atoms with van der Waals surface area (Å²) in [7, 11) is 0. The van der Waals surface area contributed by atoms with Crippen molar-refractivity contribution in [1.82, 2.24) is 4.98 Å². The van der Waals surface area contributed by atoms with Gasteiger partial charge in [0.2, 0.25) is 5.78 Å². The van der Waals surface area contributed by atoms with Crippen LogP contribution in [0.1, 0.15) is 22.8 Å². The van der Waals surface area contributed by atoms with E-state index in [1.54, 1.807) is 36.5 Å². The van der Waals surface area contributed by atoms with Gasteiger partial charge in [-0.3, -0.25) is 4.79 Å². The van der Waals surface area contributed by atoms with Gasteiger partial charge in [-0.05, 0) is 42.8 Å². The topological polar surface area (TPSA) is 65.9 Å². The maximum atomic E-state index is 12.8. The Morgan fingerprint density at radius 3 is 2.92 bits per heavy atom. The summed E-state index contributed by atoms with van der Waals surface area (Å²) in [6.45, 7) is 2.45. The number of ketones is 1. The van der Waals surface area contributed by atoms with Gasteiger partial charge in [0.1, 0.15) is 17.4 Å². The first-order valence-electron chi connectivity index (χ1n) is 7.78. The fourth-order valence-electron chi connectivity index (χ4n) is 2.61. The molecule has 0 atom stereocenters. The number of allylic oxidation sites excluding steroid dienone is 1. The third-order valence-electron chi connectivity index (χ3n) is 3.73. The van der Waals surface area contributed by atoms with Crippen LogP contribution >= 0.6 is 11.6 Å². The average Bonchev–Trinajstić information content (AvgIpc) is 3.02. The zero-order valence-electron chi connectivity index (χ0n) is 13.5. The quantitative estimate of drug-likeness (QED) is 0.399. The number of ether oxygens (including phenoxy) is 1. The number of carbonyl (C=O) groups excluding carboxylic acids is 1. The van der Waals surface area contributed by atoms with Crippen LogP contribution in [0.3, 0.4) is 0 Å². The highest BCUT2D eigenvalue weighted by molar-refractivity contribution is 6.31. The van der Waals surface area contributed by atoms with E-state index in [0.717, 1.165) is 16.5 Å². The minimum atomic E-state index is -0.335. The molecule has 25 heavy (non-hydrogen) atoms. The number of nitrogens with zero attached hydrogens (tertiary/aromatic N) is 1. The van der Waals surface area contributed by atoms with Crippen LogP contribution in [0.25, 0.3) is 17.0 Å². The van der Waals surface area contributed by atoms with Gasteiger partial charge in [0.05, 0.1) is 6.61 Å². The average molecular weight is 351 g/mol. The van der Waals surface area contributed by atoms with E-state index in [1.165, 1.54) is 0 Å². The van der Waals surface area contributed by atoms with E-state index >= 15 is 0 Å². The minimum absolute atomic E-state index is 0.0597. The molecule has 0 fully saturated rings. The van der Waals surface area contributed by atoms with Crippen molar-refractivity contribution in [1.29, 1.82) is 5.26 Å². The summed E-state index contributed by atoms with van der Waals surface area (Å²) in [6.07, 6.45) is 3.17. The van der Waals surface area contributed by atoms with E-state index in [9.17, 15) is 10.1 Å². The lowest BCUT2D eigenvalue weighted by molar-refractivity contribution is 0.104. The molecule has 124 valence electrons. The first kappa shape index (κ1) is 16.8. The highest BCUT2D eigenvalue weighted by Crippen LogP contribution is 2.25. The number of rotatable bonds is 5. The molecule has 0 aliphatic rings. The number of halogens is 1. The smallest absolute Gasteiger partial charge is 0.205 e. The van der Waals surface area contributed by atoms with Crippen molar-refractivity contribution >= 4 is 34.4 Å². The van der Waals surface area contributed by atoms with E-state index in [-0.39, 0.29) is 11.4 Å². The van der Waals surface area contributed by atoms with E-state index in [4.69, 9.17) is 16.3 Å². The molecular weight excluding hydrogens is 336 g/mol. The highest BCUT2D eigenvalue weighted by Gasteiger charge is 2.17. The molecule has 0 aliphatic heterocycles. The summed E-state index contributed by atoms with van der Waals surface area (Å²) < 4.78 is 5.45. The van der Waals surface area contributed by atoms with Crippen LogP contribution in [0.4, 0.5) is 0 Å². The molecule has 1 heterocycles. The van der Waals surface area contributed by atoms with Gasteiger partial charge in [-0.2, -0.15) is 5.26 Å². The first-order valence-corrected chi connectivity index (χ1v) is 8.16. The predicted molar refractivity (Wildman–Crippen MR) is 98.8 cm³/mol. The zero-order chi connectivity index (χ0) is 17.8. The molecule has 3 rings (SSSR count). The molecule has 0 saturated heterocycles. The Morgan fingerprint density at radius 1 is 1.32 bits per heavy atom. The number of nitrogens with one attached hydrogen (secondary N) is 1. The number of aromatic amines is 1. The van der Waals surface area contributed by atoms with E-state index in [0.29, 0.717) is 22.9 Å². The normalized spacial score (nSPS) is 11.3. The number of hydrogen-bond donors (Lipinski definition) is 1. The summed E-state index contributed by atoms with van der Waals surface area (Å²) >= 11 is 5.96. The van der Waals surface area contributed by atoms with Crippen molar-refractivity contribution in [2.45, 2.75) is 6.92 Å². The Morgan fingerprint density at radius 2 is 2.16 bits per heavy atom. The number of Topliss-reactive ketones (excluding diaryl/α,β-unsaturated/α-hetero) is 1. The number of fused-ring (bicyclic) bond motifs is 1. The lowest BCUT2D eigenvalue weighted by Crippen LogP contribution is -2.01. The van der Waals surface area contributed by atoms with Gasteiger partial charge in [0.25, 0.3) is 0 Å². The molecule has 1 N–H and O–H groups in total. The van der Waals surface area contributed by atoms with Gasteiger partial charge in [0.15, 0.2) is 0 Å². The fraction of sp³-hybridized carbons (Fsp3) is 0.100. The van der Waals surface area contributed by atoms with Crippen LogP contribution in [0.15, 0.2) is 54.2 Å². The SMILES string of the molecule is CCOc1cccc(/C=C(\C#N)C(=O)c2c[nH]c3cc(Cl)ccc23)c1. The van der Waals surface area contributed by atoms with Gasteiger partial charge in [-0.1, -0.05) is 29.8 Å². The van der Waals surface area contributed by atoms with Gasteiger partial charge < -0.3 is 9.72 Å². The second-order valence-electron chi connectivity index (χ2n) is 5.40. The van der Waals surface area contributed by atoms with Crippen molar-refractivity contribution in [3.63, 3.8) is 0 Å². The van der Waals surface area contributed by atoms with Crippen LogP contribution in [0.2, 0.25) is 5.02 Å². The monoisotopic (exact) mass is 350 g/mol. The number of H-pyrrole nitrogens is 1. The molecule has 3 aromatic rings. The van der Waals surface area contributed by atoms with Crippen molar-refractivity contribution in [3.05, 3.63) is 70.4 Å². The lowest BCUT2D eigenvalue weighted by Gasteiger charge is -2.04. The molecule has 0 amide bonds. The molecule has 0 bridgehead atoms. The summed E-state index contributed by atoms with van der Waals surface area (Å²) in [5.74, 6) is 0.362. The first-order chi connectivity index (χ1) is 12.1. The molecule has 0 radical (unpaired) electrons. The summed E-state index contributed by atoms with van der Waals surface area (Å²) in [5.41, 5.74) is 2.00. The van der Waals surface area contributed by atoms with Gasteiger partial charge in [-0.15, -0.1) is 0 Å². The summed E-state index contributed by atoms with van der Waals surface area (Å²) in [5, 5.41) is 10.8. The van der Waals surface area contributed by atoms with Crippen LogP contribution in [-0.4, -0.2) is 17.4 Å². The zero-order valence-corrected chi connectivity index (χ0v) is 14.3. The van der Waals surface area contributed by atoms with E-state index in [2.05, 4.69) is 4.98 Å². The molecule has 5 heteroatoms. The van der Waals surface area contributed by atoms with Crippen molar-refractivity contribution in [2.75, 3.05) is 6.61 Å². The Hall–Kier alpha value is -3.03. The molecule has 4 nitrogen and oxygen atoms in total. The van der Waals surface area contributed by atoms with Crippen LogP contribution in [-0.2, 0) is 0 Å². The molecule has 0 unspecified atom stereocenters. The second kappa shape index (κ2) is 7.25. The molecular formula is C20H15ClN2O2. The minimum Gasteiger partial charge on any atom is -0.494 e. The molecule has 2 aromatic carbocycles.